The number of imidazole rings is 1. The Morgan fingerprint density at radius 3 is 2.48 bits per heavy atom. The van der Waals surface area contributed by atoms with Crippen LogP contribution in [0.25, 0.3) is 0 Å². The summed E-state index contributed by atoms with van der Waals surface area (Å²) in [6, 6.07) is -0.129. The number of carbonyl (C=O) groups excluding carboxylic acids is 2. The van der Waals surface area contributed by atoms with Gasteiger partial charge in [-0.3, -0.25) is 9.59 Å². The van der Waals surface area contributed by atoms with Crippen LogP contribution in [0.4, 0.5) is 0 Å². The van der Waals surface area contributed by atoms with E-state index in [0.29, 0.717) is 13.0 Å². The summed E-state index contributed by atoms with van der Waals surface area (Å²) >= 11 is 0. The zero-order chi connectivity index (χ0) is 18.0. The molecule has 0 saturated heterocycles. The predicted octanol–water partition coefficient (Wildman–Crippen LogP) is 2.75. The highest BCUT2D eigenvalue weighted by molar-refractivity contribution is 5.88. The molecule has 1 aliphatic carbocycles. The highest BCUT2D eigenvalue weighted by Crippen LogP contribution is 2.32. The molecule has 1 atom stereocenters. The van der Waals surface area contributed by atoms with Gasteiger partial charge in [0.05, 0.1) is 17.7 Å². The van der Waals surface area contributed by atoms with E-state index in [1.165, 1.54) is 25.7 Å². The molecule has 138 valence electrons. The van der Waals surface area contributed by atoms with E-state index in [9.17, 15) is 9.59 Å². The van der Waals surface area contributed by atoms with Gasteiger partial charge in [-0.15, -0.1) is 0 Å². The van der Waals surface area contributed by atoms with Crippen LogP contribution in [-0.4, -0.2) is 38.9 Å². The summed E-state index contributed by atoms with van der Waals surface area (Å²) in [6.45, 7) is 6.26. The van der Waals surface area contributed by atoms with Crippen molar-refractivity contribution in [3.63, 3.8) is 0 Å². The SMILES string of the molecule is CC(=O)N1CCc2ncn(C(C)C)c2C1C(=O)NC1CCCCCC1. The van der Waals surface area contributed by atoms with Crippen LogP contribution in [0.15, 0.2) is 6.33 Å². The van der Waals surface area contributed by atoms with Crippen LogP contribution in [0, 0.1) is 0 Å². The summed E-state index contributed by atoms with van der Waals surface area (Å²) in [5.41, 5.74) is 1.84. The van der Waals surface area contributed by atoms with Crippen molar-refractivity contribution in [1.82, 2.24) is 19.8 Å². The quantitative estimate of drug-likeness (QED) is 0.856. The molecule has 2 amide bonds. The van der Waals surface area contributed by atoms with Crippen molar-refractivity contribution >= 4 is 11.8 Å². The molecule has 25 heavy (non-hydrogen) atoms. The summed E-state index contributed by atoms with van der Waals surface area (Å²) in [7, 11) is 0. The molecule has 2 aliphatic rings. The van der Waals surface area contributed by atoms with Crippen LogP contribution in [0.5, 0.6) is 0 Å². The van der Waals surface area contributed by atoms with E-state index in [4.69, 9.17) is 0 Å². The Morgan fingerprint density at radius 2 is 1.88 bits per heavy atom. The van der Waals surface area contributed by atoms with Crippen molar-refractivity contribution in [2.75, 3.05) is 6.54 Å². The monoisotopic (exact) mass is 346 g/mol. The summed E-state index contributed by atoms with van der Waals surface area (Å²) in [5.74, 6) is -0.103. The van der Waals surface area contributed by atoms with Gasteiger partial charge in [-0.25, -0.2) is 4.98 Å². The zero-order valence-corrected chi connectivity index (χ0v) is 15.6. The zero-order valence-electron chi connectivity index (χ0n) is 15.6. The fraction of sp³-hybridized carbons (Fsp3) is 0.737. The van der Waals surface area contributed by atoms with Gasteiger partial charge in [-0.2, -0.15) is 0 Å². The first kappa shape index (κ1) is 18.0. The maximum atomic E-state index is 13.2. The summed E-state index contributed by atoms with van der Waals surface area (Å²) < 4.78 is 2.04. The van der Waals surface area contributed by atoms with Gasteiger partial charge in [0, 0.05) is 32.0 Å². The van der Waals surface area contributed by atoms with E-state index >= 15 is 0 Å². The first-order valence-electron chi connectivity index (χ1n) is 9.62. The first-order chi connectivity index (χ1) is 12.0. The van der Waals surface area contributed by atoms with Crippen LogP contribution in [0.1, 0.15) is 82.8 Å². The molecule has 1 unspecified atom stereocenters. The topological polar surface area (TPSA) is 67.2 Å². The number of fused-ring (bicyclic) bond motifs is 1. The predicted molar refractivity (Wildman–Crippen MR) is 96.1 cm³/mol. The molecule has 1 fully saturated rings. The van der Waals surface area contributed by atoms with Gasteiger partial charge in [0.15, 0.2) is 6.04 Å². The van der Waals surface area contributed by atoms with Crippen molar-refractivity contribution < 1.29 is 9.59 Å². The normalized spacial score (nSPS) is 21.8. The highest BCUT2D eigenvalue weighted by Gasteiger charge is 2.38. The molecule has 1 N–H and O–H groups in total. The molecule has 0 spiro atoms. The summed E-state index contributed by atoms with van der Waals surface area (Å²) in [5, 5.41) is 3.24. The van der Waals surface area contributed by atoms with E-state index in [1.807, 2.05) is 10.9 Å². The molecule has 1 aliphatic heterocycles. The van der Waals surface area contributed by atoms with E-state index in [2.05, 4.69) is 24.1 Å². The third kappa shape index (κ3) is 3.72. The lowest BCUT2D eigenvalue weighted by molar-refractivity contribution is -0.140. The molecular weight excluding hydrogens is 316 g/mol. The number of aromatic nitrogens is 2. The lowest BCUT2D eigenvalue weighted by atomic mass is 9.99. The third-order valence-electron chi connectivity index (χ3n) is 5.48. The van der Waals surface area contributed by atoms with E-state index in [1.54, 1.807) is 11.8 Å². The number of amides is 2. The number of nitrogens with zero attached hydrogens (tertiary/aromatic N) is 3. The van der Waals surface area contributed by atoms with Crippen molar-refractivity contribution in [1.29, 1.82) is 0 Å². The molecule has 6 nitrogen and oxygen atoms in total. The van der Waals surface area contributed by atoms with E-state index in [-0.39, 0.29) is 23.9 Å². The van der Waals surface area contributed by atoms with Crippen LogP contribution >= 0.6 is 0 Å². The Kier molecular flexibility index (Phi) is 5.45. The van der Waals surface area contributed by atoms with Crippen molar-refractivity contribution in [3.05, 3.63) is 17.7 Å². The smallest absolute Gasteiger partial charge is 0.249 e. The van der Waals surface area contributed by atoms with Gasteiger partial charge < -0.3 is 14.8 Å². The Bertz CT molecular complexity index is 629. The second-order valence-electron chi connectivity index (χ2n) is 7.64. The van der Waals surface area contributed by atoms with Crippen LogP contribution in [-0.2, 0) is 16.0 Å². The lowest BCUT2D eigenvalue weighted by Gasteiger charge is -2.36. The van der Waals surface area contributed by atoms with Crippen molar-refractivity contribution in [2.45, 2.75) is 83.8 Å². The summed E-state index contributed by atoms with van der Waals surface area (Å²) in [4.78, 5) is 31.6. The minimum Gasteiger partial charge on any atom is -0.351 e. The van der Waals surface area contributed by atoms with Crippen LogP contribution in [0.2, 0.25) is 0 Å². The van der Waals surface area contributed by atoms with Gasteiger partial charge in [0.25, 0.3) is 0 Å². The number of carbonyl (C=O) groups is 2. The van der Waals surface area contributed by atoms with Gasteiger partial charge in [-0.05, 0) is 26.7 Å². The fourth-order valence-electron chi connectivity index (χ4n) is 4.12. The molecule has 0 radical (unpaired) electrons. The van der Waals surface area contributed by atoms with Gasteiger partial charge in [0.1, 0.15) is 0 Å². The van der Waals surface area contributed by atoms with Crippen LogP contribution < -0.4 is 5.32 Å². The minimum absolute atomic E-state index is 0.0505. The maximum Gasteiger partial charge on any atom is 0.249 e. The number of nitrogens with one attached hydrogen (secondary N) is 1. The highest BCUT2D eigenvalue weighted by atomic mass is 16.2. The number of hydrogen-bond donors (Lipinski definition) is 1. The molecular formula is C19H30N4O2. The number of hydrogen-bond acceptors (Lipinski definition) is 3. The molecule has 0 aromatic carbocycles. The Hall–Kier alpha value is -1.85. The standard InChI is InChI=1S/C19H30N4O2/c1-13(2)23-12-20-16-10-11-22(14(3)24)18(17(16)23)19(25)21-15-8-6-4-5-7-9-15/h12-13,15,18H,4-11H2,1-3H3,(H,21,25). The minimum atomic E-state index is -0.561. The summed E-state index contributed by atoms with van der Waals surface area (Å²) in [6.07, 6.45) is 9.43. The van der Waals surface area contributed by atoms with Gasteiger partial charge in [0.2, 0.25) is 11.8 Å². The molecule has 1 aromatic rings. The largest absolute Gasteiger partial charge is 0.351 e. The average Bonchev–Trinajstić information content (AvgIpc) is 2.84. The Morgan fingerprint density at radius 1 is 1.20 bits per heavy atom. The van der Waals surface area contributed by atoms with E-state index < -0.39 is 6.04 Å². The Balaban J connectivity index is 1.88. The second kappa shape index (κ2) is 7.58. The average molecular weight is 346 g/mol. The molecule has 2 heterocycles. The molecule has 3 rings (SSSR count). The maximum absolute atomic E-state index is 13.2. The molecule has 1 saturated carbocycles. The van der Waals surface area contributed by atoms with E-state index in [0.717, 1.165) is 24.2 Å². The van der Waals surface area contributed by atoms with Gasteiger partial charge in [-0.1, -0.05) is 25.7 Å². The second-order valence-corrected chi connectivity index (χ2v) is 7.64. The molecule has 0 bridgehead atoms. The number of rotatable bonds is 3. The van der Waals surface area contributed by atoms with Crippen LogP contribution in [0.3, 0.4) is 0 Å². The van der Waals surface area contributed by atoms with Crippen molar-refractivity contribution in [2.24, 2.45) is 0 Å². The third-order valence-corrected chi connectivity index (χ3v) is 5.48. The fourth-order valence-corrected chi connectivity index (χ4v) is 4.12. The van der Waals surface area contributed by atoms with Crippen molar-refractivity contribution in [3.8, 4) is 0 Å². The molecule has 6 heteroatoms. The van der Waals surface area contributed by atoms with Gasteiger partial charge >= 0.3 is 0 Å². The Labute approximate surface area is 150 Å². The molecule has 1 aromatic heterocycles. The first-order valence-corrected chi connectivity index (χ1v) is 9.62. The lowest BCUT2D eigenvalue weighted by Crippen LogP contribution is -2.49.